The minimum Gasteiger partial charge on any atom is -0.420 e. The zero-order valence-corrected chi connectivity index (χ0v) is 21.9. The van der Waals surface area contributed by atoms with E-state index in [2.05, 4.69) is 20.3 Å². The van der Waals surface area contributed by atoms with Gasteiger partial charge in [-0.25, -0.2) is 13.2 Å². The van der Waals surface area contributed by atoms with Gasteiger partial charge in [0.25, 0.3) is 15.9 Å². The van der Waals surface area contributed by atoms with Crippen molar-refractivity contribution < 1.29 is 27.5 Å². The standard InChI is InChI=1S/C24H29ClN4O6S/c1-15(35-23(31)28-24(2,3)4)34-13-12-26-22(30)17-8-5-6-11-20(17)36(32,33)29-19-10-7-9-16-18(25)14-27-21(16)19/h5-11,14-15,27,29H,12-13H2,1-4H3,(H,26,30)(H,28,31). The number of fused-ring (bicyclic) bond motifs is 1. The smallest absolute Gasteiger partial charge is 0.409 e. The molecule has 0 spiro atoms. The Balaban J connectivity index is 1.62. The molecular formula is C24H29ClN4O6S. The van der Waals surface area contributed by atoms with Crippen LogP contribution in [0.2, 0.25) is 5.02 Å². The number of benzene rings is 2. The number of amides is 2. The van der Waals surface area contributed by atoms with Gasteiger partial charge in [0.15, 0.2) is 0 Å². The van der Waals surface area contributed by atoms with Crippen molar-refractivity contribution in [2.24, 2.45) is 0 Å². The lowest BCUT2D eigenvalue weighted by Gasteiger charge is -2.22. The van der Waals surface area contributed by atoms with Crippen LogP contribution in [0, 0.1) is 0 Å². The van der Waals surface area contributed by atoms with E-state index < -0.39 is 33.9 Å². The number of ether oxygens (including phenoxy) is 2. The lowest BCUT2D eigenvalue weighted by atomic mass is 10.1. The number of alkyl carbamates (subject to hydrolysis) is 1. The van der Waals surface area contributed by atoms with E-state index in [4.69, 9.17) is 21.1 Å². The number of hydrogen-bond donors (Lipinski definition) is 4. The quantitative estimate of drug-likeness (QED) is 0.238. The lowest BCUT2D eigenvalue weighted by molar-refractivity contribution is -0.0904. The highest BCUT2D eigenvalue weighted by Gasteiger charge is 2.23. The molecule has 3 aromatic rings. The predicted octanol–water partition coefficient (Wildman–Crippen LogP) is 4.24. The fourth-order valence-electron chi connectivity index (χ4n) is 3.30. The molecule has 194 valence electrons. The van der Waals surface area contributed by atoms with Crippen LogP contribution in [0.5, 0.6) is 0 Å². The summed E-state index contributed by atoms with van der Waals surface area (Å²) in [5.41, 5.74) is 0.342. The Labute approximate surface area is 214 Å². The van der Waals surface area contributed by atoms with Gasteiger partial charge in [-0.2, -0.15) is 0 Å². The van der Waals surface area contributed by atoms with Crippen molar-refractivity contribution >= 4 is 50.2 Å². The van der Waals surface area contributed by atoms with Crippen molar-refractivity contribution in [3.05, 3.63) is 59.2 Å². The van der Waals surface area contributed by atoms with Crippen LogP contribution in [0.25, 0.3) is 10.9 Å². The molecule has 0 fully saturated rings. The summed E-state index contributed by atoms with van der Waals surface area (Å²) in [5.74, 6) is -0.597. The first-order valence-corrected chi connectivity index (χ1v) is 13.0. The molecule has 10 nitrogen and oxygen atoms in total. The third kappa shape index (κ3) is 7.12. The molecule has 1 aromatic heterocycles. The molecule has 2 amide bonds. The Hall–Kier alpha value is -3.28. The van der Waals surface area contributed by atoms with Gasteiger partial charge in [-0.15, -0.1) is 0 Å². The van der Waals surface area contributed by atoms with E-state index in [0.717, 1.165) is 0 Å². The van der Waals surface area contributed by atoms with E-state index in [1.165, 1.54) is 18.2 Å². The van der Waals surface area contributed by atoms with Gasteiger partial charge in [0, 0.05) is 23.7 Å². The van der Waals surface area contributed by atoms with E-state index >= 15 is 0 Å². The molecule has 0 radical (unpaired) electrons. The Morgan fingerprint density at radius 3 is 2.56 bits per heavy atom. The number of aromatic amines is 1. The van der Waals surface area contributed by atoms with Crippen molar-refractivity contribution in [2.45, 2.75) is 44.4 Å². The Kier molecular flexibility index (Phi) is 8.49. The van der Waals surface area contributed by atoms with E-state index in [0.29, 0.717) is 21.6 Å². The van der Waals surface area contributed by atoms with Crippen LogP contribution < -0.4 is 15.4 Å². The molecule has 2 aromatic carbocycles. The summed E-state index contributed by atoms with van der Waals surface area (Å²) in [4.78, 5) is 27.3. The average molecular weight is 537 g/mol. The molecule has 4 N–H and O–H groups in total. The number of H-pyrrole nitrogens is 1. The van der Waals surface area contributed by atoms with Crippen LogP contribution in [-0.2, 0) is 19.5 Å². The van der Waals surface area contributed by atoms with Gasteiger partial charge in [-0.1, -0.05) is 35.9 Å². The summed E-state index contributed by atoms with van der Waals surface area (Å²) in [6.07, 6.45) is 0.101. The van der Waals surface area contributed by atoms with E-state index in [1.54, 1.807) is 37.4 Å². The summed E-state index contributed by atoms with van der Waals surface area (Å²) < 4.78 is 39.4. The largest absolute Gasteiger partial charge is 0.420 e. The van der Waals surface area contributed by atoms with E-state index in [1.807, 2.05) is 20.8 Å². The van der Waals surface area contributed by atoms with Gasteiger partial charge in [0.1, 0.15) is 4.90 Å². The van der Waals surface area contributed by atoms with Crippen LogP contribution in [0.4, 0.5) is 10.5 Å². The molecular weight excluding hydrogens is 508 g/mol. The number of aromatic nitrogens is 1. The van der Waals surface area contributed by atoms with E-state index in [-0.39, 0.29) is 23.6 Å². The first-order valence-electron chi connectivity index (χ1n) is 11.1. The molecule has 1 unspecified atom stereocenters. The zero-order valence-electron chi connectivity index (χ0n) is 20.3. The molecule has 0 saturated heterocycles. The fraction of sp³-hybridized carbons (Fsp3) is 0.333. The van der Waals surface area contributed by atoms with Crippen LogP contribution >= 0.6 is 11.6 Å². The summed E-state index contributed by atoms with van der Waals surface area (Å²) in [7, 11) is -4.11. The van der Waals surface area contributed by atoms with Crippen molar-refractivity contribution in [1.29, 1.82) is 0 Å². The molecule has 36 heavy (non-hydrogen) atoms. The number of nitrogens with one attached hydrogen (secondary N) is 4. The summed E-state index contributed by atoms with van der Waals surface area (Å²) >= 11 is 6.13. The number of sulfonamides is 1. The van der Waals surface area contributed by atoms with Crippen molar-refractivity contribution in [1.82, 2.24) is 15.6 Å². The van der Waals surface area contributed by atoms with Crippen molar-refractivity contribution in [2.75, 3.05) is 17.9 Å². The second-order valence-corrected chi connectivity index (χ2v) is 11.0. The molecule has 12 heteroatoms. The van der Waals surface area contributed by atoms with Crippen LogP contribution in [0.3, 0.4) is 0 Å². The minimum atomic E-state index is -4.11. The van der Waals surface area contributed by atoms with Crippen LogP contribution in [0.15, 0.2) is 53.6 Å². The molecule has 0 bridgehead atoms. The van der Waals surface area contributed by atoms with Gasteiger partial charge < -0.3 is 25.1 Å². The topological polar surface area (TPSA) is 139 Å². The number of anilines is 1. The molecule has 0 aliphatic rings. The minimum absolute atomic E-state index is 0.0319. The molecule has 0 aliphatic heterocycles. The van der Waals surface area contributed by atoms with Gasteiger partial charge >= 0.3 is 6.09 Å². The summed E-state index contributed by atoms with van der Waals surface area (Å²) in [6, 6.07) is 10.9. The highest BCUT2D eigenvalue weighted by atomic mass is 35.5. The highest BCUT2D eigenvalue weighted by Crippen LogP contribution is 2.30. The average Bonchev–Trinajstić information content (AvgIpc) is 3.17. The summed E-state index contributed by atoms with van der Waals surface area (Å²) in [5, 5.41) is 6.39. The maximum atomic E-state index is 13.2. The maximum Gasteiger partial charge on any atom is 0.409 e. The Morgan fingerprint density at radius 1 is 1.11 bits per heavy atom. The normalized spacial score (nSPS) is 12.7. The molecule has 1 atom stereocenters. The van der Waals surface area contributed by atoms with Gasteiger partial charge in [0.2, 0.25) is 6.29 Å². The third-order valence-corrected chi connectivity index (χ3v) is 6.56. The number of para-hydroxylation sites is 1. The van der Waals surface area contributed by atoms with Crippen molar-refractivity contribution in [3.8, 4) is 0 Å². The molecule has 0 saturated carbocycles. The Bertz CT molecular complexity index is 1350. The van der Waals surface area contributed by atoms with Gasteiger partial charge in [-0.3, -0.25) is 9.52 Å². The monoisotopic (exact) mass is 536 g/mol. The van der Waals surface area contributed by atoms with Gasteiger partial charge in [0.05, 0.1) is 28.4 Å². The SMILES string of the molecule is CC(OCCNC(=O)c1ccccc1S(=O)(=O)Nc1cccc2c(Cl)c[nH]c12)OC(=O)NC(C)(C)C. The molecule has 3 rings (SSSR count). The maximum absolute atomic E-state index is 13.2. The lowest BCUT2D eigenvalue weighted by Crippen LogP contribution is -2.42. The molecule has 1 heterocycles. The first kappa shape index (κ1) is 27.3. The van der Waals surface area contributed by atoms with E-state index in [9.17, 15) is 18.0 Å². The zero-order chi connectivity index (χ0) is 26.5. The van der Waals surface area contributed by atoms with Crippen LogP contribution in [-0.4, -0.2) is 50.4 Å². The second kappa shape index (κ2) is 11.2. The summed E-state index contributed by atoms with van der Waals surface area (Å²) in [6.45, 7) is 7.11. The molecule has 0 aliphatic carbocycles. The first-order chi connectivity index (χ1) is 16.9. The third-order valence-electron chi connectivity index (χ3n) is 4.82. The number of rotatable bonds is 9. The second-order valence-electron chi connectivity index (χ2n) is 8.94. The van der Waals surface area contributed by atoms with Gasteiger partial charge in [-0.05, 0) is 45.9 Å². The number of halogens is 1. The van der Waals surface area contributed by atoms with Crippen LogP contribution in [0.1, 0.15) is 38.1 Å². The number of hydrogen-bond acceptors (Lipinski definition) is 6. The Morgan fingerprint density at radius 2 is 1.83 bits per heavy atom. The predicted molar refractivity (Wildman–Crippen MR) is 138 cm³/mol. The fourth-order valence-corrected chi connectivity index (χ4v) is 4.79. The highest BCUT2D eigenvalue weighted by molar-refractivity contribution is 7.92. The van der Waals surface area contributed by atoms with Crippen molar-refractivity contribution in [3.63, 3.8) is 0 Å². The number of carbonyl (C=O) groups is 2. The number of carbonyl (C=O) groups excluding carboxylic acids is 2.